The smallest absolute Gasteiger partial charge is 0.257 e. The number of hydrogen-bond donors (Lipinski definition) is 3. The highest BCUT2D eigenvalue weighted by Gasteiger charge is 2.17. The molecule has 27 heavy (non-hydrogen) atoms. The summed E-state index contributed by atoms with van der Waals surface area (Å²) in [7, 11) is 4.39. The molecule has 0 radical (unpaired) electrons. The van der Waals surface area contributed by atoms with E-state index >= 15 is 0 Å². The minimum Gasteiger partial charge on any atom is -0.493 e. The summed E-state index contributed by atoms with van der Waals surface area (Å²) in [6.45, 7) is 0. The van der Waals surface area contributed by atoms with Gasteiger partial charge in [0, 0.05) is 16.8 Å². The van der Waals surface area contributed by atoms with Crippen molar-refractivity contribution in [3.8, 4) is 17.2 Å². The van der Waals surface area contributed by atoms with Crippen molar-refractivity contribution in [1.29, 1.82) is 0 Å². The normalized spacial score (nSPS) is 9.89. The molecule has 142 valence electrons. The summed E-state index contributed by atoms with van der Waals surface area (Å²) in [6, 6.07) is 9.38. The largest absolute Gasteiger partial charge is 0.493 e. The van der Waals surface area contributed by atoms with Crippen molar-refractivity contribution in [2.75, 3.05) is 26.6 Å². The molecule has 2 aromatic rings. The molecule has 0 fully saturated rings. The average molecular weight is 389 g/mol. The zero-order valence-corrected chi connectivity index (χ0v) is 15.8. The summed E-state index contributed by atoms with van der Waals surface area (Å²) < 4.78 is 15.7. The lowest BCUT2D eigenvalue weighted by Crippen LogP contribution is -2.34. The van der Waals surface area contributed by atoms with E-state index in [1.165, 1.54) is 33.5 Å². The number of anilines is 1. The second-order valence-corrected chi connectivity index (χ2v) is 5.67. The van der Waals surface area contributed by atoms with E-state index in [1.54, 1.807) is 24.3 Å². The van der Waals surface area contributed by atoms with E-state index in [2.05, 4.69) is 10.6 Å². The Morgan fingerprint density at radius 3 is 1.93 bits per heavy atom. The van der Waals surface area contributed by atoms with Crippen molar-refractivity contribution in [2.45, 2.75) is 0 Å². The Labute approximate surface area is 161 Å². The predicted molar refractivity (Wildman–Crippen MR) is 105 cm³/mol. The van der Waals surface area contributed by atoms with Crippen LogP contribution in [0.5, 0.6) is 17.2 Å². The molecule has 9 heteroatoms. The van der Waals surface area contributed by atoms with Crippen LogP contribution in [0.3, 0.4) is 0 Å². The van der Waals surface area contributed by atoms with Gasteiger partial charge in [0.1, 0.15) is 0 Å². The van der Waals surface area contributed by atoms with Crippen LogP contribution >= 0.6 is 12.2 Å². The van der Waals surface area contributed by atoms with Crippen LogP contribution in [0.4, 0.5) is 5.69 Å². The number of nitrogens with two attached hydrogens (primary N) is 1. The fraction of sp³-hybridized carbons (Fsp3) is 0.167. The summed E-state index contributed by atoms with van der Waals surface area (Å²) in [5, 5.41) is 5.49. The number of thiocarbonyl (C=S) groups is 1. The molecule has 2 rings (SSSR count). The molecule has 0 unspecified atom stereocenters. The molecule has 0 spiro atoms. The monoisotopic (exact) mass is 389 g/mol. The molecule has 8 nitrogen and oxygen atoms in total. The molecular weight excluding hydrogens is 370 g/mol. The van der Waals surface area contributed by atoms with Gasteiger partial charge in [-0.1, -0.05) is 0 Å². The first-order chi connectivity index (χ1) is 12.9. The predicted octanol–water partition coefficient (Wildman–Crippen LogP) is 1.94. The third-order valence-corrected chi connectivity index (χ3v) is 3.79. The molecule has 0 saturated carbocycles. The molecule has 0 aliphatic heterocycles. The van der Waals surface area contributed by atoms with E-state index in [0.717, 1.165) is 0 Å². The van der Waals surface area contributed by atoms with E-state index in [-0.39, 0.29) is 10.7 Å². The minimum atomic E-state index is -0.528. The number of nitrogens with one attached hydrogen (secondary N) is 2. The molecular formula is C18H19N3O5S. The van der Waals surface area contributed by atoms with Crippen molar-refractivity contribution in [3.05, 3.63) is 47.5 Å². The van der Waals surface area contributed by atoms with Gasteiger partial charge >= 0.3 is 0 Å². The summed E-state index contributed by atoms with van der Waals surface area (Å²) in [5.74, 6) is 0.0953. The number of primary amides is 1. The van der Waals surface area contributed by atoms with E-state index in [1.807, 2.05) is 0 Å². The van der Waals surface area contributed by atoms with Crippen LogP contribution in [-0.2, 0) is 0 Å². The molecule has 0 atom stereocenters. The van der Waals surface area contributed by atoms with Crippen LogP contribution in [0.1, 0.15) is 20.7 Å². The van der Waals surface area contributed by atoms with Crippen LogP contribution in [0.15, 0.2) is 36.4 Å². The number of amides is 2. The standard InChI is InChI=1S/C18H19N3O5S/c1-24-13-8-11(9-14(25-2)15(13)26-3)17(23)21-18(27)20-12-6-4-10(5-7-12)16(19)22/h4-9H,1-3H3,(H2,19,22)(H2,20,21,23,27). The molecule has 0 aromatic heterocycles. The van der Waals surface area contributed by atoms with Crippen LogP contribution in [0, 0.1) is 0 Å². The Bertz CT molecular complexity index is 843. The summed E-state index contributed by atoms with van der Waals surface area (Å²) in [4.78, 5) is 23.5. The minimum absolute atomic E-state index is 0.0839. The fourth-order valence-corrected chi connectivity index (χ4v) is 2.48. The van der Waals surface area contributed by atoms with Gasteiger partial charge in [-0.05, 0) is 48.6 Å². The average Bonchev–Trinajstić information content (AvgIpc) is 2.66. The molecule has 0 aliphatic rings. The molecule has 0 aliphatic carbocycles. The number of rotatable bonds is 6. The quantitative estimate of drug-likeness (QED) is 0.647. The van der Waals surface area contributed by atoms with Crippen LogP contribution in [-0.4, -0.2) is 38.3 Å². The summed E-state index contributed by atoms with van der Waals surface area (Å²) in [6.07, 6.45) is 0. The Morgan fingerprint density at radius 2 is 1.48 bits per heavy atom. The van der Waals surface area contributed by atoms with E-state index in [0.29, 0.717) is 28.5 Å². The van der Waals surface area contributed by atoms with Gasteiger partial charge in [-0.3, -0.25) is 14.9 Å². The maximum Gasteiger partial charge on any atom is 0.257 e. The second-order valence-electron chi connectivity index (χ2n) is 5.26. The lowest BCUT2D eigenvalue weighted by atomic mass is 10.1. The first-order valence-corrected chi connectivity index (χ1v) is 8.12. The van der Waals surface area contributed by atoms with Crippen molar-refractivity contribution >= 4 is 34.8 Å². The highest BCUT2D eigenvalue weighted by molar-refractivity contribution is 7.80. The highest BCUT2D eigenvalue weighted by Crippen LogP contribution is 2.38. The molecule has 0 heterocycles. The number of hydrogen-bond acceptors (Lipinski definition) is 6. The number of carbonyl (C=O) groups excluding carboxylic acids is 2. The fourth-order valence-electron chi connectivity index (χ4n) is 2.27. The molecule has 0 bridgehead atoms. The molecule has 2 amide bonds. The van der Waals surface area contributed by atoms with Crippen molar-refractivity contribution in [1.82, 2.24) is 5.32 Å². The Balaban J connectivity index is 2.12. The van der Waals surface area contributed by atoms with Gasteiger partial charge in [-0.15, -0.1) is 0 Å². The highest BCUT2D eigenvalue weighted by atomic mass is 32.1. The van der Waals surface area contributed by atoms with Gasteiger partial charge in [-0.25, -0.2) is 0 Å². The van der Waals surface area contributed by atoms with Gasteiger partial charge in [0.05, 0.1) is 21.3 Å². The lowest BCUT2D eigenvalue weighted by Gasteiger charge is -2.14. The third kappa shape index (κ3) is 4.85. The summed E-state index contributed by atoms with van der Waals surface area (Å²) >= 11 is 5.15. The zero-order chi connectivity index (χ0) is 20.0. The van der Waals surface area contributed by atoms with E-state index < -0.39 is 11.8 Å². The Hall–Kier alpha value is -3.33. The Kier molecular flexibility index (Phi) is 6.56. The topological polar surface area (TPSA) is 112 Å². The molecule has 4 N–H and O–H groups in total. The van der Waals surface area contributed by atoms with Crippen LogP contribution in [0.25, 0.3) is 0 Å². The zero-order valence-electron chi connectivity index (χ0n) is 15.0. The first kappa shape index (κ1) is 20.0. The molecule has 0 saturated heterocycles. The van der Waals surface area contributed by atoms with Crippen LogP contribution in [0.2, 0.25) is 0 Å². The number of methoxy groups -OCH3 is 3. The number of ether oxygens (including phenoxy) is 3. The van der Waals surface area contributed by atoms with Gasteiger partial charge in [0.2, 0.25) is 11.7 Å². The van der Waals surface area contributed by atoms with Gasteiger partial charge in [0.15, 0.2) is 16.6 Å². The lowest BCUT2D eigenvalue weighted by molar-refractivity contribution is 0.0974. The van der Waals surface area contributed by atoms with E-state index in [4.69, 9.17) is 32.2 Å². The van der Waals surface area contributed by atoms with Gasteiger partial charge < -0.3 is 25.3 Å². The van der Waals surface area contributed by atoms with Crippen molar-refractivity contribution in [2.24, 2.45) is 5.73 Å². The van der Waals surface area contributed by atoms with Crippen molar-refractivity contribution in [3.63, 3.8) is 0 Å². The SMILES string of the molecule is COc1cc(C(=O)NC(=S)Nc2ccc(C(N)=O)cc2)cc(OC)c1OC. The Morgan fingerprint density at radius 1 is 0.926 bits per heavy atom. The maximum atomic E-state index is 12.5. The van der Waals surface area contributed by atoms with E-state index in [9.17, 15) is 9.59 Å². The first-order valence-electron chi connectivity index (χ1n) is 7.71. The number of carbonyl (C=O) groups is 2. The maximum absolute atomic E-state index is 12.5. The summed E-state index contributed by atoms with van der Waals surface area (Å²) in [5.41, 5.74) is 6.43. The molecule has 2 aromatic carbocycles. The van der Waals surface area contributed by atoms with Crippen molar-refractivity contribution < 1.29 is 23.8 Å². The van der Waals surface area contributed by atoms with Crippen LogP contribution < -0.4 is 30.6 Å². The van der Waals surface area contributed by atoms with Gasteiger partial charge in [-0.2, -0.15) is 0 Å². The second kappa shape index (κ2) is 8.86. The third-order valence-electron chi connectivity index (χ3n) is 3.58. The van der Waals surface area contributed by atoms with Gasteiger partial charge in [0.25, 0.3) is 5.91 Å². The number of benzene rings is 2.